The number of ether oxygens (including phenoxy) is 2. The Kier molecular flexibility index (Phi) is 3.80. The number of carboxylic acids is 1. The quantitative estimate of drug-likeness (QED) is 0.863. The molecule has 15 heavy (non-hydrogen) atoms. The van der Waals surface area contributed by atoms with Crippen molar-refractivity contribution < 1.29 is 19.4 Å². The molecule has 0 saturated carbocycles. The molecule has 0 aromatic heterocycles. The molecule has 0 heterocycles. The highest BCUT2D eigenvalue weighted by Gasteiger charge is 2.15. The van der Waals surface area contributed by atoms with Crippen LogP contribution >= 0.6 is 11.6 Å². The van der Waals surface area contributed by atoms with Crippen molar-refractivity contribution in [1.82, 2.24) is 0 Å². The third-order valence-electron chi connectivity index (χ3n) is 1.78. The first-order valence-corrected chi connectivity index (χ1v) is 4.71. The Morgan fingerprint density at radius 2 is 2.13 bits per heavy atom. The van der Waals surface area contributed by atoms with E-state index < -0.39 is 5.97 Å². The Labute approximate surface area is 92.4 Å². The van der Waals surface area contributed by atoms with Gasteiger partial charge in [-0.3, -0.25) is 0 Å². The van der Waals surface area contributed by atoms with Crippen LogP contribution in [0.15, 0.2) is 12.1 Å². The van der Waals surface area contributed by atoms with E-state index in [0.717, 1.165) is 0 Å². The smallest absolute Gasteiger partial charge is 0.339 e. The van der Waals surface area contributed by atoms with Crippen LogP contribution < -0.4 is 9.47 Å². The normalized spacial score (nSPS) is 9.80. The van der Waals surface area contributed by atoms with Crippen LogP contribution in [-0.4, -0.2) is 24.8 Å². The van der Waals surface area contributed by atoms with Crippen LogP contribution in [0, 0.1) is 0 Å². The summed E-state index contributed by atoms with van der Waals surface area (Å²) in [7, 11) is 1.46. The zero-order chi connectivity index (χ0) is 11.4. The van der Waals surface area contributed by atoms with E-state index in [-0.39, 0.29) is 16.3 Å². The lowest BCUT2D eigenvalue weighted by Crippen LogP contribution is -2.03. The van der Waals surface area contributed by atoms with Gasteiger partial charge < -0.3 is 14.6 Å². The number of carboxylic acid groups (broad SMARTS) is 1. The van der Waals surface area contributed by atoms with Crippen LogP contribution in [0.2, 0.25) is 5.02 Å². The summed E-state index contributed by atoms with van der Waals surface area (Å²) >= 11 is 5.80. The monoisotopic (exact) mass is 230 g/mol. The minimum atomic E-state index is -1.08. The fourth-order valence-electron chi connectivity index (χ4n) is 1.13. The lowest BCUT2D eigenvalue weighted by atomic mass is 10.2. The summed E-state index contributed by atoms with van der Waals surface area (Å²) in [6, 6.07) is 2.78. The summed E-state index contributed by atoms with van der Waals surface area (Å²) in [4.78, 5) is 10.9. The highest BCUT2D eigenvalue weighted by molar-refractivity contribution is 6.32. The van der Waals surface area contributed by atoms with Crippen molar-refractivity contribution in [2.45, 2.75) is 6.92 Å². The summed E-state index contributed by atoms with van der Waals surface area (Å²) in [6.07, 6.45) is 0. The van der Waals surface area contributed by atoms with E-state index in [9.17, 15) is 4.79 Å². The van der Waals surface area contributed by atoms with Crippen LogP contribution in [0.25, 0.3) is 0 Å². The molecule has 0 atom stereocenters. The number of hydrogen-bond acceptors (Lipinski definition) is 3. The summed E-state index contributed by atoms with van der Waals surface area (Å²) in [5.41, 5.74) is 0.0302. The SMILES string of the molecule is CCOc1cc(OC)c(Cl)cc1C(=O)O. The lowest BCUT2D eigenvalue weighted by Gasteiger charge is -2.10. The molecule has 4 nitrogen and oxygen atoms in total. The average molecular weight is 231 g/mol. The van der Waals surface area contributed by atoms with Gasteiger partial charge in [0.15, 0.2) is 0 Å². The van der Waals surface area contributed by atoms with Gasteiger partial charge in [0.2, 0.25) is 0 Å². The van der Waals surface area contributed by atoms with Crippen LogP contribution in [0.5, 0.6) is 11.5 Å². The van der Waals surface area contributed by atoms with E-state index in [1.54, 1.807) is 6.92 Å². The summed E-state index contributed by atoms with van der Waals surface area (Å²) in [5.74, 6) is -0.431. The van der Waals surface area contributed by atoms with Crippen molar-refractivity contribution in [2.75, 3.05) is 13.7 Å². The van der Waals surface area contributed by atoms with Gasteiger partial charge in [0.05, 0.1) is 18.7 Å². The molecular formula is C10H11ClO4. The minimum Gasteiger partial charge on any atom is -0.495 e. The molecule has 1 aromatic carbocycles. The number of rotatable bonds is 4. The maximum absolute atomic E-state index is 10.9. The largest absolute Gasteiger partial charge is 0.495 e. The van der Waals surface area contributed by atoms with Crippen molar-refractivity contribution in [1.29, 1.82) is 0 Å². The summed E-state index contributed by atoms with van der Waals surface area (Å²) in [6.45, 7) is 2.15. The fraction of sp³-hybridized carbons (Fsp3) is 0.300. The topological polar surface area (TPSA) is 55.8 Å². The van der Waals surface area contributed by atoms with E-state index in [2.05, 4.69) is 0 Å². The van der Waals surface area contributed by atoms with Gasteiger partial charge in [0.1, 0.15) is 17.1 Å². The number of benzene rings is 1. The fourth-order valence-corrected chi connectivity index (χ4v) is 1.37. The molecule has 1 N–H and O–H groups in total. The molecule has 0 aliphatic heterocycles. The molecule has 0 aliphatic rings. The highest BCUT2D eigenvalue weighted by atomic mass is 35.5. The van der Waals surface area contributed by atoms with E-state index in [4.69, 9.17) is 26.2 Å². The lowest BCUT2D eigenvalue weighted by molar-refractivity contribution is 0.0692. The standard InChI is InChI=1S/C10H11ClO4/c1-3-15-8-5-9(14-2)7(11)4-6(8)10(12)13/h4-5H,3H2,1-2H3,(H,12,13). The molecule has 1 rings (SSSR count). The second-order valence-corrected chi connectivity index (χ2v) is 3.13. The summed E-state index contributed by atoms with van der Waals surface area (Å²) < 4.78 is 10.1. The Morgan fingerprint density at radius 1 is 1.47 bits per heavy atom. The van der Waals surface area contributed by atoms with Gasteiger partial charge in [-0.2, -0.15) is 0 Å². The predicted molar refractivity (Wildman–Crippen MR) is 56.1 cm³/mol. The molecule has 0 radical (unpaired) electrons. The third kappa shape index (κ3) is 2.53. The predicted octanol–water partition coefficient (Wildman–Crippen LogP) is 2.45. The minimum absolute atomic E-state index is 0.0302. The van der Waals surface area contributed by atoms with Gasteiger partial charge in [-0.25, -0.2) is 4.79 Å². The van der Waals surface area contributed by atoms with Gasteiger partial charge in [-0.1, -0.05) is 11.6 Å². The number of carbonyl (C=O) groups is 1. The second kappa shape index (κ2) is 4.89. The number of aromatic carboxylic acids is 1. The van der Waals surface area contributed by atoms with Gasteiger partial charge in [0.25, 0.3) is 0 Å². The Bertz CT molecular complexity index is 376. The number of methoxy groups -OCH3 is 1. The Balaban J connectivity index is 3.25. The van der Waals surface area contributed by atoms with E-state index >= 15 is 0 Å². The van der Waals surface area contributed by atoms with Gasteiger partial charge >= 0.3 is 5.97 Å². The molecule has 1 aromatic rings. The Morgan fingerprint density at radius 3 is 2.60 bits per heavy atom. The van der Waals surface area contributed by atoms with Gasteiger partial charge in [-0.05, 0) is 13.0 Å². The van der Waals surface area contributed by atoms with Crippen LogP contribution in [-0.2, 0) is 0 Å². The summed E-state index contributed by atoms with van der Waals surface area (Å²) in [5, 5.41) is 9.15. The van der Waals surface area contributed by atoms with E-state index in [1.165, 1.54) is 19.2 Å². The number of hydrogen-bond donors (Lipinski definition) is 1. The molecule has 82 valence electrons. The maximum Gasteiger partial charge on any atom is 0.339 e. The number of halogens is 1. The third-order valence-corrected chi connectivity index (χ3v) is 2.08. The highest BCUT2D eigenvalue weighted by Crippen LogP contribution is 2.32. The molecule has 0 fully saturated rings. The first-order chi connectivity index (χ1) is 7.10. The molecule has 5 heteroatoms. The van der Waals surface area contributed by atoms with Gasteiger partial charge in [-0.15, -0.1) is 0 Å². The van der Waals surface area contributed by atoms with Crippen LogP contribution in [0.3, 0.4) is 0 Å². The van der Waals surface area contributed by atoms with Crippen molar-refractivity contribution in [3.63, 3.8) is 0 Å². The molecular weight excluding hydrogens is 220 g/mol. The zero-order valence-corrected chi connectivity index (χ0v) is 9.17. The van der Waals surface area contributed by atoms with E-state index in [0.29, 0.717) is 12.4 Å². The van der Waals surface area contributed by atoms with Crippen molar-refractivity contribution in [3.8, 4) is 11.5 Å². The van der Waals surface area contributed by atoms with Gasteiger partial charge in [0, 0.05) is 6.07 Å². The molecule has 0 aliphatic carbocycles. The first-order valence-electron chi connectivity index (χ1n) is 4.33. The van der Waals surface area contributed by atoms with Crippen LogP contribution in [0.4, 0.5) is 0 Å². The zero-order valence-electron chi connectivity index (χ0n) is 8.41. The molecule has 0 unspecified atom stereocenters. The average Bonchev–Trinajstić information content (AvgIpc) is 2.20. The molecule has 0 bridgehead atoms. The Hall–Kier alpha value is -1.42. The van der Waals surface area contributed by atoms with Crippen LogP contribution in [0.1, 0.15) is 17.3 Å². The van der Waals surface area contributed by atoms with Crippen molar-refractivity contribution in [2.24, 2.45) is 0 Å². The first kappa shape index (κ1) is 11.7. The van der Waals surface area contributed by atoms with Crippen molar-refractivity contribution >= 4 is 17.6 Å². The molecule has 0 amide bonds. The van der Waals surface area contributed by atoms with Crippen molar-refractivity contribution in [3.05, 3.63) is 22.7 Å². The second-order valence-electron chi connectivity index (χ2n) is 2.72. The molecule has 0 saturated heterocycles. The maximum atomic E-state index is 10.9. The molecule has 0 spiro atoms. The van der Waals surface area contributed by atoms with E-state index in [1.807, 2.05) is 0 Å².